The summed E-state index contributed by atoms with van der Waals surface area (Å²) in [5.41, 5.74) is 0. The maximum Gasteiger partial charge on any atom is 0.315 e. The first-order valence-corrected chi connectivity index (χ1v) is 5.07. The molecule has 0 spiro atoms. The second-order valence-electron chi connectivity index (χ2n) is 3.94. The summed E-state index contributed by atoms with van der Waals surface area (Å²) < 4.78 is 0. The molecule has 80 valence electrons. The van der Waals surface area contributed by atoms with E-state index >= 15 is 0 Å². The van der Waals surface area contributed by atoms with Crippen LogP contribution in [0.5, 0.6) is 0 Å². The van der Waals surface area contributed by atoms with Crippen LogP contribution in [0.3, 0.4) is 0 Å². The van der Waals surface area contributed by atoms with E-state index in [1.54, 1.807) is 4.90 Å². The van der Waals surface area contributed by atoms with Crippen LogP contribution in [0, 0.1) is 5.92 Å². The van der Waals surface area contributed by atoms with E-state index in [0.717, 1.165) is 19.3 Å². The van der Waals surface area contributed by atoms with E-state index in [1.807, 2.05) is 6.92 Å². The zero-order valence-electron chi connectivity index (χ0n) is 8.69. The van der Waals surface area contributed by atoms with Gasteiger partial charge >= 0.3 is 5.97 Å². The highest BCUT2D eigenvalue weighted by molar-refractivity contribution is 5.96. The Morgan fingerprint density at radius 3 is 2.57 bits per heavy atom. The molecule has 4 heteroatoms. The van der Waals surface area contributed by atoms with Gasteiger partial charge in [-0.2, -0.15) is 0 Å². The number of carbonyl (C=O) groups is 2. The smallest absolute Gasteiger partial charge is 0.315 e. The minimum absolute atomic E-state index is 0.193. The van der Waals surface area contributed by atoms with E-state index in [0.29, 0.717) is 6.54 Å². The summed E-state index contributed by atoms with van der Waals surface area (Å²) in [6, 6.07) is 0.193. The van der Waals surface area contributed by atoms with Gasteiger partial charge in [0, 0.05) is 12.6 Å². The summed E-state index contributed by atoms with van der Waals surface area (Å²) in [4.78, 5) is 24.0. The molecule has 2 atom stereocenters. The number of carbonyl (C=O) groups excluding carboxylic acids is 1. The Labute approximate surface area is 83.9 Å². The number of piperidine rings is 1. The molecule has 1 rings (SSSR count). The molecule has 0 aromatic rings. The van der Waals surface area contributed by atoms with Crippen LogP contribution in [0.4, 0.5) is 0 Å². The van der Waals surface area contributed by atoms with Crippen LogP contribution in [0.25, 0.3) is 0 Å². The Bertz CT molecular complexity index is 240. The second kappa shape index (κ2) is 4.44. The fraction of sp³-hybridized carbons (Fsp3) is 0.800. The Balaban J connectivity index is 2.62. The molecule has 1 aliphatic rings. The first-order valence-electron chi connectivity index (χ1n) is 5.07. The number of hydrogen-bond donors (Lipinski definition) is 1. The fourth-order valence-electron chi connectivity index (χ4n) is 1.78. The molecule has 1 saturated heterocycles. The Hall–Kier alpha value is -1.06. The maximum absolute atomic E-state index is 11.7. The van der Waals surface area contributed by atoms with Crippen molar-refractivity contribution in [1.82, 2.24) is 4.90 Å². The molecule has 0 aliphatic carbocycles. The van der Waals surface area contributed by atoms with Crippen LogP contribution in [0.2, 0.25) is 0 Å². The highest BCUT2D eigenvalue weighted by atomic mass is 16.4. The summed E-state index contributed by atoms with van der Waals surface area (Å²) in [5, 5.41) is 8.72. The summed E-state index contributed by atoms with van der Waals surface area (Å²) in [6.07, 6.45) is 3.10. The number of carboxylic acid groups (broad SMARTS) is 1. The normalized spacial score (nSPS) is 24.4. The monoisotopic (exact) mass is 199 g/mol. The van der Waals surface area contributed by atoms with Crippen molar-refractivity contribution in [3.8, 4) is 0 Å². The molecule has 0 radical (unpaired) electrons. The molecular weight excluding hydrogens is 182 g/mol. The highest BCUT2D eigenvalue weighted by Gasteiger charge is 2.30. The molecule has 4 nitrogen and oxygen atoms in total. The molecule has 0 aromatic heterocycles. The Morgan fingerprint density at radius 2 is 2.07 bits per heavy atom. The summed E-state index contributed by atoms with van der Waals surface area (Å²) >= 11 is 0. The number of nitrogens with zero attached hydrogens (tertiary/aromatic N) is 1. The largest absolute Gasteiger partial charge is 0.481 e. The number of hydrogen-bond acceptors (Lipinski definition) is 2. The molecule has 1 N–H and O–H groups in total. The molecule has 1 fully saturated rings. The van der Waals surface area contributed by atoms with E-state index in [9.17, 15) is 9.59 Å². The molecule has 14 heavy (non-hydrogen) atoms. The van der Waals surface area contributed by atoms with Crippen LogP contribution in [-0.2, 0) is 9.59 Å². The molecular formula is C10H17NO3. The van der Waals surface area contributed by atoms with E-state index < -0.39 is 11.9 Å². The molecule has 0 aromatic carbocycles. The summed E-state index contributed by atoms with van der Waals surface area (Å²) in [7, 11) is 0. The molecule has 1 amide bonds. The predicted molar refractivity (Wildman–Crippen MR) is 51.8 cm³/mol. The average molecular weight is 199 g/mol. The van der Waals surface area contributed by atoms with Crippen LogP contribution in [-0.4, -0.2) is 34.5 Å². The van der Waals surface area contributed by atoms with Gasteiger partial charge in [-0.25, -0.2) is 0 Å². The van der Waals surface area contributed by atoms with Gasteiger partial charge in [0.2, 0.25) is 5.91 Å². The number of carboxylic acids is 1. The predicted octanol–water partition coefficient (Wildman–Crippen LogP) is 1.11. The van der Waals surface area contributed by atoms with Gasteiger partial charge in [-0.3, -0.25) is 9.59 Å². The SMILES string of the molecule is CC(C(=O)O)C(=O)N1CCCCC1C. The highest BCUT2D eigenvalue weighted by Crippen LogP contribution is 2.18. The summed E-state index contributed by atoms with van der Waals surface area (Å²) in [5.74, 6) is -2.19. The van der Waals surface area contributed by atoms with Gasteiger partial charge in [0.25, 0.3) is 0 Å². The van der Waals surface area contributed by atoms with Crippen molar-refractivity contribution in [3.05, 3.63) is 0 Å². The van der Waals surface area contributed by atoms with E-state index in [1.165, 1.54) is 6.92 Å². The quantitative estimate of drug-likeness (QED) is 0.678. The van der Waals surface area contributed by atoms with Crippen molar-refractivity contribution in [2.24, 2.45) is 5.92 Å². The standard InChI is InChI=1S/C10H17NO3/c1-7-5-3-4-6-11(7)9(12)8(2)10(13)14/h7-8H,3-6H2,1-2H3,(H,13,14). The van der Waals surface area contributed by atoms with Crippen LogP contribution < -0.4 is 0 Å². The molecule has 1 aliphatic heterocycles. The Morgan fingerprint density at radius 1 is 1.43 bits per heavy atom. The lowest BCUT2D eigenvalue weighted by Crippen LogP contribution is -2.46. The first-order chi connectivity index (χ1) is 6.54. The van der Waals surface area contributed by atoms with Gasteiger partial charge in [-0.05, 0) is 33.1 Å². The lowest BCUT2D eigenvalue weighted by molar-refractivity contribution is -0.151. The minimum Gasteiger partial charge on any atom is -0.481 e. The van der Waals surface area contributed by atoms with Gasteiger partial charge in [-0.15, -0.1) is 0 Å². The van der Waals surface area contributed by atoms with Crippen molar-refractivity contribution in [3.63, 3.8) is 0 Å². The fourth-order valence-corrected chi connectivity index (χ4v) is 1.78. The number of amides is 1. The van der Waals surface area contributed by atoms with Crippen LogP contribution >= 0.6 is 0 Å². The minimum atomic E-state index is -1.03. The van der Waals surface area contributed by atoms with Gasteiger partial charge < -0.3 is 10.0 Å². The third kappa shape index (κ3) is 2.25. The Kier molecular flexibility index (Phi) is 3.49. The van der Waals surface area contributed by atoms with Gasteiger partial charge in [0.05, 0.1) is 0 Å². The van der Waals surface area contributed by atoms with Crippen molar-refractivity contribution < 1.29 is 14.7 Å². The van der Waals surface area contributed by atoms with Crippen molar-refractivity contribution >= 4 is 11.9 Å². The number of likely N-dealkylation sites (tertiary alicyclic amines) is 1. The number of rotatable bonds is 2. The first kappa shape index (κ1) is 11.0. The molecule has 1 heterocycles. The summed E-state index contributed by atoms with van der Waals surface area (Å²) in [6.45, 7) is 4.13. The number of aliphatic carboxylic acids is 1. The zero-order valence-corrected chi connectivity index (χ0v) is 8.69. The van der Waals surface area contributed by atoms with Gasteiger partial charge in [0.15, 0.2) is 0 Å². The van der Waals surface area contributed by atoms with Gasteiger partial charge in [-0.1, -0.05) is 0 Å². The van der Waals surface area contributed by atoms with Crippen LogP contribution in [0.15, 0.2) is 0 Å². The van der Waals surface area contributed by atoms with E-state index in [-0.39, 0.29) is 11.9 Å². The lowest BCUT2D eigenvalue weighted by atomic mass is 10.0. The van der Waals surface area contributed by atoms with E-state index in [2.05, 4.69) is 0 Å². The third-order valence-corrected chi connectivity index (χ3v) is 2.83. The van der Waals surface area contributed by atoms with Crippen molar-refractivity contribution in [2.75, 3.05) is 6.54 Å². The lowest BCUT2D eigenvalue weighted by Gasteiger charge is -2.34. The molecule has 0 saturated carbocycles. The van der Waals surface area contributed by atoms with Crippen molar-refractivity contribution in [2.45, 2.75) is 39.2 Å². The topological polar surface area (TPSA) is 57.6 Å². The maximum atomic E-state index is 11.7. The van der Waals surface area contributed by atoms with Crippen LogP contribution in [0.1, 0.15) is 33.1 Å². The average Bonchev–Trinajstić information content (AvgIpc) is 2.16. The molecule has 0 bridgehead atoms. The zero-order chi connectivity index (χ0) is 10.7. The van der Waals surface area contributed by atoms with Gasteiger partial charge in [0.1, 0.15) is 5.92 Å². The molecule has 2 unspecified atom stereocenters. The third-order valence-electron chi connectivity index (χ3n) is 2.83. The second-order valence-corrected chi connectivity index (χ2v) is 3.94. The van der Waals surface area contributed by atoms with Crippen molar-refractivity contribution in [1.29, 1.82) is 0 Å². The van der Waals surface area contributed by atoms with E-state index in [4.69, 9.17) is 5.11 Å².